The van der Waals surface area contributed by atoms with Gasteiger partial charge in [-0.3, -0.25) is 4.79 Å². The van der Waals surface area contributed by atoms with E-state index >= 15 is 0 Å². The van der Waals surface area contributed by atoms with Crippen molar-refractivity contribution in [2.75, 3.05) is 20.7 Å². The average Bonchev–Trinajstić information content (AvgIpc) is 2.01. The Morgan fingerprint density at radius 3 is 2.54 bits per heavy atom. The molecule has 0 radical (unpaired) electrons. The van der Waals surface area contributed by atoms with Crippen LogP contribution in [-0.4, -0.2) is 36.8 Å². The molecule has 0 atom stereocenters. The minimum atomic E-state index is -0.745. The van der Waals surface area contributed by atoms with E-state index in [2.05, 4.69) is 4.99 Å². The number of hydrogen-bond donors (Lipinski definition) is 1. The number of rotatable bonds is 8. The Morgan fingerprint density at radius 1 is 1.31 bits per heavy atom. The lowest BCUT2D eigenvalue weighted by Crippen LogP contribution is -2.13. The molecule has 0 bridgehead atoms. The number of carbonyl (C=O) groups is 1. The van der Waals surface area contributed by atoms with Crippen LogP contribution < -0.4 is 0 Å². The van der Waals surface area contributed by atoms with Gasteiger partial charge in [0, 0.05) is 20.5 Å². The minimum absolute atomic E-state index is 0.231. The van der Waals surface area contributed by atoms with Crippen molar-refractivity contribution in [3.63, 3.8) is 0 Å². The van der Waals surface area contributed by atoms with Crippen LogP contribution >= 0.6 is 0 Å². The van der Waals surface area contributed by atoms with Gasteiger partial charge in [0.05, 0.1) is 6.61 Å². The first-order valence-electron chi connectivity index (χ1n) is 4.31. The van der Waals surface area contributed by atoms with Gasteiger partial charge in [-0.25, -0.2) is 4.89 Å². The fraction of sp³-hybridized carbons (Fsp3) is 0.875. The highest BCUT2D eigenvalue weighted by Gasteiger charge is 1.96. The third-order valence-electron chi connectivity index (χ3n) is 1.32. The van der Waals surface area contributed by atoms with Crippen molar-refractivity contribution in [3.8, 4) is 0 Å². The van der Waals surface area contributed by atoms with Crippen molar-refractivity contribution in [1.82, 2.24) is 5.06 Å². The number of hydrogen-bond acceptors (Lipinski definition) is 4. The highest BCUT2D eigenvalue weighted by molar-refractivity contribution is 5.66. The quantitative estimate of drug-likeness (QED) is 0.353. The molecule has 0 saturated carbocycles. The molecule has 0 aromatic carbocycles. The molecule has 0 unspecified atom stereocenters. The number of carboxylic acid groups (broad SMARTS) is 1. The average molecular weight is 191 g/mol. The van der Waals surface area contributed by atoms with E-state index in [0.29, 0.717) is 13.0 Å². The summed E-state index contributed by atoms with van der Waals surface area (Å²) in [6, 6.07) is 0. The van der Waals surface area contributed by atoms with E-state index in [1.807, 2.05) is 0 Å². The standard InChI is InChI=1S/C8H17NO4/c1-9(2)13-12-7-5-3-4-6-8(10)11/h3-7H2,1-2H3,(H,10,11). The Balaban J connectivity index is 2.96. The molecule has 0 aliphatic rings. The SMILES string of the molecule is CN(C)OOCCCCCC(=O)O. The van der Waals surface area contributed by atoms with Gasteiger partial charge < -0.3 is 5.11 Å². The number of unbranched alkanes of at least 4 members (excludes halogenated alkanes) is 2. The summed E-state index contributed by atoms with van der Waals surface area (Å²) in [5.74, 6) is -0.745. The second-order valence-corrected chi connectivity index (χ2v) is 2.91. The molecular formula is C8H17NO4. The third kappa shape index (κ3) is 11.3. The van der Waals surface area contributed by atoms with Crippen molar-refractivity contribution >= 4 is 5.97 Å². The normalized spacial score (nSPS) is 10.7. The maximum absolute atomic E-state index is 10.1. The molecule has 0 fully saturated rings. The van der Waals surface area contributed by atoms with Crippen LogP contribution in [0.5, 0.6) is 0 Å². The third-order valence-corrected chi connectivity index (χ3v) is 1.32. The molecule has 0 spiro atoms. The molecule has 0 aromatic heterocycles. The summed E-state index contributed by atoms with van der Waals surface area (Å²) in [7, 11) is 3.45. The Morgan fingerprint density at radius 2 is 2.00 bits per heavy atom. The molecular weight excluding hydrogens is 174 g/mol. The zero-order valence-corrected chi connectivity index (χ0v) is 8.15. The van der Waals surface area contributed by atoms with Crippen molar-refractivity contribution in [2.24, 2.45) is 0 Å². The van der Waals surface area contributed by atoms with Gasteiger partial charge in [0.25, 0.3) is 0 Å². The van der Waals surface area contributed by atoms with Crippen molar-refractivity contribution in [3.05, 3.63) is 0 Å². The van der Waals surface area contributed by atoms with Gasteiger partial charge in [0.1, 0.15) is 0 Å². The first kappa shape index (κ1) is 12.3. The first-order chi connectivity index (χ1) is 6.13. The van der Waals surface area contributed by atoms with E-state index in [-0.39, 0.29) is 6.42 Å². The zero-order chi connectivity index (χ0) is 10.1. The van der Waals surface area contributed by atoms with Gasteiger partial charge >= 0.3 is 5.97 Å². The fourth-order valence-electron chi connectivity index (χ4n) is 0.757. The summed E-state index contributed by atoms with van der Waals surface area (Å²) in [6.07, 6.45) is 2.60. The molecule has 0 aliphatic carbocycles. The van der Waals surface area contributed by atoms with Crippen LogP contribution in [0.4, 0.5) is 0 Å². The zero-order valence-electron chi connectivity index (χ0n) is 8.15. The number of carboxylic acids is 1. The molecule has 0 saturated heterocycles. The van der Waals surface area contributed by atoms with Crippen molar-refractivity contribution < 1.29 is 19.8 Å². The Hall–Kier alpha value is -0.650. The molecule has 0 rings (SSSR count). The largest absolute Gasteiger partial charge is 0.481 e. The lowest BCUT2D eigenvalue weighted by atomic mass is 10.2. The topological polar surface area (TPSA) is 59.0 Å². The monoisotopic (exact) mass is 191 g/mol. The molecule has 0 aliphatic heterocycles. The van der Waals surface area contributed by atoms with Gasteiger partial charge in [-0.05, 0) is 12.8 Å². The molecule has 78 valence electrons. The van der Waals surface area contributed by atoms with Gasteiger partial charge in [-0.15, -0.1) is 4.99 Å². The van der Waals surface area contributed by atoms with Gasteiger partial charge in [-0.1, -0.05) is 6.42 Å². The Kier molecular flexibility index (Phi) is 7.57. The summed E-state index contributed by atoms with van der Waals surface area (Å²) in [4.78, 5) is 19.6. The first-order valence-corrected chi connectivity index (χ1v) is 4.31. The van der Waals surface area contributed by atoms with Crippen LogP contribution in [0.25, 0.3) is 0 Å². The van der Waals surface area contributed by atoms with Crippen LogP contribution in [0.1, 0.15) is 25.7 Å². The molecule has 0 amide bonds. The van der Waals surface area contributed by atoms with Gasteiger partial charge in [0.2, 0.25) is 0 Å². The molecule has 0 aromatic rings. The van der Waals surface area contributed by atoms with E-state index in [0.717, 1.165) is 12.8 Å². The van der Waals surface area contributed by atoms with Crippen molar-refractivity contribution in [1.29, 1.82) is 0 Å². The van der Waals surface area contributed by atoms with Crippen LogP contribution in [0, 0.1) is 0 Å². The smallest absolute Gasteiger partial charge is 0.303 e. The maximum Gasteiger partial charge on any atom is 0.303 e. The molecule has 1 N–H and O–H groups in total. The maximum atomic E-state index is 10.1. The molecule has 13 heavy (non-hydrogen) atoms. The van der Waals surface area contributed by atoms with E-state index in [4.69, 9.17) is 9.99 Å². The number of nitrogens with zero attached hydrogens (tertiary/aromatic N) is 1. The lowest BCUT2D eigenvalue weighted by molar-refractivity contribution is -0.412. The van der Waals surface area contributed by atoms with Gasteiger partial charge in [-0.2, -0.15) is 5.06 Å². The predicted molar refractivity (Wildman–Crippen MR) is 46.8 cm³/mol. The lowest BCUT2D eigenvalue weighted by Gasteiger charge is -2.07. The molecule has 5 heteroatoms. The summed E-state index contributed by atoms with van der Waals surface area (Å²) >= 11 is 0. The summed E-state index contributed by atoms with van der Waals surface area (Å²) in [5.41, 5.74) is 0. The second kappa shape index (κ2) is 7.97. The van der Waals surface area contributed by atoms with Gasteiger partial charge in [0.15, 0.2) is 0 Å². The second-order valence-electron chi connectivity index (χ2n) is 2.91. The van der Waals surface area contributed by atoms with Crippen LogP contribution in [0.2, 0.25) is 0 Å². The Bertz CT molecular complexity index is 138. The molecule has 0 heterocycles. The van der Waals surface area contributed by atoms with Crippen LogP contribution in [0.15, 0.2) is 0 Å². The summed E-state index contributed by atoms with van der Waals surface area (Å²) < 4.78 is 0. The summed E-state index contributed by atoms with van der Waals surface area (Å²) in [5, 5.41) is 9.78. The number of aliphatic carboxylic acids is 1. The minimum Gasteiger partial charge on any atom is -0.481 e. The highest BCUT2D eigenvalue weighted by atomic mass is 17.3. The van der Waals surface area contributed by atoms with E-state index < -0.39 is 5.97 Å². The summed E-state index contributed by atoms with van der Waals surface area (Å²) in [6.45, 7) is 0.498. The Labute approximate surface area is 78.1 Å². The van der Waals surface area contributed by atoms with E-state index in [1.54, 1.807) is 14.1 Å². The van der Waals surface area contributed by atoms with E-state index in [1.165, 1.54) is 5.06 Å². The van der Waals surface area contributed by atoms with E-state index in [9.17, 15) is 4.79 Å². The molecule has 5 nitrogen and oxygen atoms in total. The fourth-order valence-corrected chi connectivity index (χ4v) is 0.757. The predicted octanol–water partition coefficient (Wildman–Crippen LogP) is 1.06. The van der Waals surface area contributed by atoms with Crippen molar-refractivity contribution in [2.45, 2.75) is 25.7 Å². The number of hydroxylamine groups is 2. The van der Waals surface area contributed by atoms with Crippen LogP contribution in [0.3, 0.4) is 0 Å². The highest BCUT2D eigenvalue weighted by Crippen LogP contribution is 2.00. The van der Waals surface area contributed by atoms with Crippen LogP contribution in [-0.2, 0) is 14.7 Å².